The molecular formula is C20H25NO3. The molecule has 0 radical (unpaired) electrons. The number of amides is 1. The smallest absolute Gasteiger partial charge is 0.258 e. The molecule has 0 fully saturated rings. The van der Waals surface area contributed by atoms with Crippen LogP contribution in [0.3, 0.4) is 0 Å². The second kappa shape index (κ2) is 8.39. The van der Waals surface area contributed by atoms with Crippen molar-refractivity contribution in [1.82, 2.24) is 5.32 Å². The van der Waals surface area contributed by atoms with Crippen molar-refractivity contribution in [2.24, 2.45) is 0 Å². The number of para-hydroxylation sites is 1. The number of carbonyl (C=O) groups excluding carboxylic acids is 1. The number of rotatable bonds is 7. The molecule has 0 bridgehead atoms. The molecule has 4 heteroatoms. The summed E-state index contributed by atoms with van der Waals surface area (Å²) < 4.78 is 11.0. The van der Waals surface area contributed by atoms with Gasteiger partial charge in [-0.15, -0.1) is 0 Å². The molecular weight excluding hydrogens is 302 g/mol. The molecule has 0 aliphatic rings. The quantitative estimate of drug-likeness (QED) is 0.841. The van der Waals surface area contributed by atoms with E-state index in [2.05, 4.69) is 31.3 Å². The number of hydrogen-bond donors (Lipinski definition) is 1. The van der Waals surface area contributed by atoms with Crippen LogP contribution in [0, 0.1) is 6.92 Å². The minimum Gasteiger partial charge on any atom is -0.496 e. The summed E-state index contributed by atoms with van der Waals surface area (Å²) in [6.07, 6.45) is 0. The third-order valence-corrected chi connectivity index (χ3v) is 3.82. The lowest BCUT2D eigenvalue weighted by Crippen LogP contribution is -2.28. The zero-order valence-electron chi connectivity index (χ0n) is 14.8. The van der Waals surface area contributed by atoms with Crippen molar-refractivity contribution in [3.63, 3.8) is 0 Å². The summed E-state index contributed by atoms with van der Waals surface area (Å²) in [5.74, 6) is 1.73. The van der Waals surface area contributed by atoms with Gasteiger partial charge in [-0.2, -0.15) is 0 Å². The summed E-state index contributed by atoms with van der Waals surface area (Å²) in [7, 11) is 1.62. The Hall–Kier alpha value is -2.49. The largest absolute Gasteiger partial charge is 0.496 e. The van der Waals surface area contributed by atoms with Crippen LogP contribution in [0.15, 0.2) is 42.5 Å². The monoisotopic (exact) mass is 327 g/mol. The first kappa shape index (κ1) is 17.9. The van der Waals surface area contributed by atoms with E-state index in [1.165, 1.54) is 0 Å². The van der Waals surface area contributed by atoms with Crippen molar-refractivity contribution in [2.45, 2.75) is 33.2 Å². The van der Waals surface area contributed by atoms with Crippen molar-refractivity contribution in [3.05, 3.63) is 59.2 Å². The van der Waals surface area contributed by atoms with Crippen LogP contribution in [0.4, 0.5) is 0 Å². The number of benzene rings is 2. The molecule has 1 amide bonds. The first-order valence-corrected chi connectivity index (χ1v) is 8.13. The minimum absolute atomic E-state index is 0.00166. The van der Waals surface area contributed by atoms with Gasteiger partial charge in [0.25, 0.3) is 5.91 Å². The normalized spacial score (nSPS) is 10.5. The predicted molar refractivity (Wildman–Crippen MR) is 95.6 cm³/mol. The second-order valence-corrected chi connectivity index (χ2v) is 6.07. The molecule has 0 aliphatic carbocycles. The molecule has 0 saturated heterocycles. The Labute approximate surface area is 143 Å². The Morgan fingerprint density at radius 3 is 2.58 bits per heavy atom. The Balaban J connectivity index is 1.93. The SMILES string of the molecule is COc1ccccc1CNC(=O)COc1cc(C)ccc1C(C)C. The first-order chi connectivity index (χ1) is 11.5. The molecule has 128 valence electrons. The van der Waals surface area contributed by atoms with E-state index in [4.69, 9.17) is 9.47 Å². The summed E-state index contributed by atoms with van der Waals surface area (Å²) in [4.78, 5) is 12.1. The third-order valence-electron chi connectivity index (χ3n) is 3.82. The van der Waals surface area contributed by atoms with Gasteiger partial charge in [0.15, 0.2) is 6.61 Å². The van der Waals surface area contributed by atoms with Crippen molar-refractivity contribution in [3.8, 4) is 11.5 Å². The summed E-state index contributed by atoms with van der Waals surface area (Å²) in [6.45, 7) is 6.65. The number of hydrogen-bond acceptors (Lipinski definition) is 3. The van der Waals surface area contributed by atoms with E-state index < -0.39 is 0 Å². The number of methoxy groups -OCH3 is 1. The molecule has 0 atom stereocenters. The van der Waals surface area contributed by atoms with Crippen LogP contribution in [0.5, 0.6) is 11.5 Å². The van der Waals surface area contributed by atoms with Crippen LogP contribution in [0.2, 0.25) is 0 Å². The molecule has 2 aromatic rings. The standard InChI is InChI=1S/C20H25NO3/c1-14(2)17-10-9-15(3)11-19(17)24-13-20(22)21-12-16-7-5-6-8-18(16)23-4/h5-11,14H,12-13H2,1-4H3,(H,21,22). The van der Waals surface area contributed by atoms with Gasteiger partial charge in [0, 0.05) is 12.1 Å². The second-order valence-electron chi connectivity index (χ2n) is 6.07. The van der Waals surface area contributed by atoms with Crippen molar-refractivity contribution < 1.29 is 14.3 Å². The molecule has 0 unspecified atom stereocenters. The highest BCUT2D eigenvalue weighted by molar-refractivity contribution is 5.77. The molecule has 1 N–H and O–H groups in total. The van der Waals surface area contributed by atoms with Crippen LogP contribution in [-0.2, 0) is 11.3 Å². The Morgan fingerprint density at radius 2 is 1.88 bits per heavy atom. The number of nitrogens with one attached hydrogen (secondary N) is 1. The van der Waals surface area contributed by atoms with E-state index >= 15 is 0 Å². The Morgan fingerprint density at radius 1 is 1.12 bits per heavy atom. The van der Waals surface area contributed by atoms with Gasteiger partial charge in [0.05, 0.1) is 7.11 Å². The maximum atomic E-state index is 12.1. The summed E-state index contributed by atoms with van der Waals surface area (Å²) in [5.41, 5.74) is 3.16. The maximum absolute atomic E-state index is 12.1. The molecule has 0 spiro atoms. The summed E-state index contributed by atoms with van der Waals surface area (Å²) in [6, 6.07) is 13.7. The van der Waals surface area contributed by atoms with Gasteiger partial charge in [-0.05, 0) is 36.1 Å². The third kappa shape index (κ3) is 4.75. The van der Waals surface area contributed by atoms with Gasteiger partial charge in [-0.25, -0.2) is 0 Å². The Kier molecular flexibility index (Phi) is 6.24. The topological polar surface area (TPSA) is 47.6 Å². The zero-order chi connectivity index (χ0) is 17.5. The van der Waals surface area contributed by atoms with Gasteiger partial charge in [0.2, 0.25) is 0 Å². The number of aryl methyl sites for hydroxylation is 1. The van der Waals surface area contributed by atoms with Crippen molar-refractivity contribution in [1.29, 1.82) is 0 Å². The van der Waals surface area contributed by atoms with Gasteiger partial charge in [-0.1, -0.05) is 44.2 Å². The van der Waals surface area contributed by atoms with Gasteiger partial charge in [0.1, 0.15) is 11.5 Å². The van der Waals surface area contributed by atoms with Gasteiger partial charge >= 0.3 is 0 Å². The highest BCUT2D eigenvalue weighted by Gasteiger charge is 2.11. The molecule has 2 aromatic carbocycles. The van der Waals surface area contributed by atoms with E-state index in [9.17, 15) is 4.79 Å². The highest BCUT2D eigenvalue weighted by Crippen LogP contribution is 2.27. The number of carbonyl (C=O) groups is 1. The minimum atomic E-state index is -0.155. The van der Waals surface area contributed by atoms with E-state index in [0.717, 1.165) is 28.2 Å². The van der Waals surface area contributed by atoms with Crippen molar-refractivity contribution >= 4 is 5.91 Å². The number of ether oxygens (including phenoxy) is 2. The van der Waals surface area contributed by atoms with E-state index in [-0.39, 0.29) is 12.5 Å². The highest BCUT2D eigenvalue weighted by atomic mass is 16.5. The molecule has 0 heterocycles. The molecule has 2 rings (SSSR count). The van der Waals surface area contributed by atoms with Crippen LogP contribution in [0.1, 0.15) is 36.5 Å². The van der Waals surface area contributed by atoms with Crippen LogP contribution >= 0.6 is 0 Å². The fourth-order valence-corrected chi connectivity index (χ4v) is 2.48. The van der Waals surface area contributed by atoms with E-state index in [1.54, 1.807) is 7.11 Å². The zero-order valence-corrected chi connectivity index (χ0v) is 14.8. The van der Waals surface area contributed by atoms with E-state index in [1.807, 2.05) is 37.3 Å². The lowest BCUT2D eigenvalue weighted by Gasteiger charge is -2.15. The van der Waals surface area contributed by atoms with E-state index in [0.29, 0.717) is 12.5 Å². The van der Waals surface area contributed by atoms with Gasteiger partial charge < -0.3 is 14.8 Å². The fourth-order valence-electron chi connectivity index (χ4n) is 2.48. The maximum Gasteiger partial charge on any atom is 0.258 e. The Bertz CT molecular complexity index is 695. The molecule has 4 nitrogen and oxygen atoms in total. The van der Waals surface area contributed by atoms with Crippen molar-refractivity contribution in [2.75, 3.05) is 13.7 Å². The molecule has 0 aliphatic heterocycles. The lowest BCUT2D eigenvalue weighted by molar-refractivity contribution is -0.123. The molecule has 0 aromatic heterocycles. The lowest BCUT2D eigenvalue weighted by atomic mass is 10.0. The molecule has 24 heavy (non-hydrogen) atoms. The predicted octanol–water partition coefficient (Wildman–Crippen LogP) is 3.82. The fraction of sp³-hybridized carbons (Fsp3) is 0.350. The first-order valence-electron chi connectivity index (χ1n) is 8.13. The average Bonchev–Trinajstić information content (AvgIpc) is 2.58. The van der Waals surface area contributed by atoms with Crippen LogP contribution in [0.25, 0.3) is 0 Å². The summed E-state index contributed by atoms with van der Waals surface area (Å²) >= 11 is 0. The van der Waals surface area contributed by atoms with Crippen LogP contribution in [-0.4, -0.2) is 19.6 Å². The molecule has 0 saturated carbocycles. The average molecular weight is 327 g/mol. The summed E-state index contributed by atoms with van der Waals surface area (Å²) in [5, 5.41) is 2.86. The van der Waals surface area contributed by atoms with Crippen LogP contribution < -0.4 is 14.8 Å². The van der Waals surface area contributed by atoms with Gasteiger partial charge in [-0.3, -0.25) is 4.79 Å².